The molecular weight excluding hydrogens is 392 g/mol. The number of likely N-dealkylation sites (N-methyl/N-ethyl adjacent to an activating group) is 1. The van der Waals surface area contributed by atoms with E-state index in [-0.39, 0.29) is 42.8 Å². The summed E-state index contributed by atoms with van der Waals surface area (Å²) in [6.45, 7) is 0.159. The molecule has 1 heterocycles. The molecular formula is C21H21ClN4O3. The first-order chi connectivity index (χ1) is 13.9. The molecule has 1 aliphatic heterocycles. The van der Waals surface area contributed by atoms with Gasteiger partial charge in [-0.05, 0) is 23.8 Å². The molecule has 0 bridgehead atoms. The monoisotopic (exact) mass is 412 g/mol. The summed E-state index contributed by atoms with van der Waals surface area (Å²) in [5.41, 5.74) is 1.74. The van der Waals surface area contributed by atoms with E-state index in [1.165, 1.54) is 17.0 Å². The van der Waals surface area contributed by atoms with Crippen molar-refractivity contribution >= 4 is 40.7 Å². The lowest BCUT2D eigenvalue weighted by Crippen LogP contribution is -2.42. The number of carbonyl (C=O) groups excluding carboxylic acids is 3. The van der Waals surface area contributed by atoms with Gasteiger partial charge in [0.05, 0.1) is 13.1 Å². The SMILES string of the molecule is CN(CC(=O)Nc1cccc(Cl)c1)C(=O)C1=NN(Cc2ccccc2)C(=O)CC1. The number of hydrogen-bond donors (Lipinski definition) is 1. The highest BCUT2D eigenvalue weighted by Gasteiger charge is 2.27. The van der Waals surface area contributed by atoms with Crippen LogP contribution in [0.15, 0.2) is 59.7 Å². The highest BCUT2D eigenvalue weighted by molar-refractivity contribution is 6.39. The zero-order chi connectivity index (χ0) is 20.8. The van der Waals surface area contributed by atoms with Crippen LogP contribution in [0.4, 0.5) is 5.69 Å². The third-order valence-electron chi connectivity index (χ3n) is 4.36. The van der Waals surface area contributed by atoms with Gasteiger partial charge in [0, 0.05) is 30.6 Å². The van der Waals surface area contributed by atoms with Crippen LogP contribution in [0.25, 0.3) is 0 Å². The highest BCUT2D eigenvalue weighted by Crippen LogP contribution is 2.16. The number of nitrogens with one attached hydrogen (secondary N) is 1. The summed E-state index contributed by atoms with van der Waals surface area (Å²) >= 11 is 5.91. The molecule has 0 saturated heterocycles. The second-order valence-electron chi connectivity index (χ2n) is 6.70. The van der Waals surface area contributed by atoms with Gasteiger partial charge in [-0.3, -0.25) is 14.4 Å². The standard InChI is InChI=1S/C21H21ClN4O3/c1-25(14-19(27)23-17-9-5-8-16(22)12-17)21(29)18-10-11-20(28)26(24-18)13-15-6-3-2-4-7-15/h2-9,12H,10-11,13-14H2,1H3,(H,23,27). The Balaban J connectivity index is 1.62. The Morgan fingerprint density at radius 2 is 1.90 bits per heavy atom. The maximum atomic E-state index is 12.7. The summed E-state index contributed by atoms with van der Waals surface area (Å²) in [4.78, 5) is 38.4. The lowest BCUT2D eigenvalue weighted by molar-refractivity contribution is -0.133. The fourth-order valence-electron chi connectivity index (χ4n) is 2.91. The summed E-state index contributed by atoms with van der Waals surface area (Å²) in [6, 6.07) is 16.2. The number of carbonyl (C=O) groups is 3. The van der Waals surface area contributed by atoms with E-state index in [1.54, 1.807) is 24.3 Å². The van der Waals surface area contributed by atoms with Gasteiger partial charge in [-0.15, -0.1) is 0 Å². The lowest BCUT2D eigenvalue weighted by atomic mass is 10.1. The molecule has 0 aliphatic carbocycles. The molecule has 0 radical (unpaired) electrons. The smallest absolute Gasteiger partial charge is 0.270 e. The zero-order valence-electron chi connectivity index (χ0n) is 16.0. The largest absolute Gasteiger partial charge is 0.331 e. The van der Waals surface area contributed by atoms with Crippen LogP contribution < -0.4 is 5.32 Å². The summed E-state index contributed by atoms with van der Waals surface area (Å²) in [5.74, 6) is -0.861. The molecule has 0 unspecified atom stereocenters. The van der Waals surface area contributed by atoms with Crippen LogP contribution in [0.1, 0.15) is 18.4 Å². The number of amides is 3. The lowest BCUT2D eigenvalue weighted by Gasteiger charge is -2.25. The number of anilines is 1. The number of rotatable bonds is 6. The average molecular weight is 413 g/mol. The fourth-order valence-corrected chi connectivity index (χ4v) is 3.10. The molecule has 0 aromatic heterocycles. The van der Waals surface area contributed by atoms with E-state index < -0.39 is 0 Å². The van der Waals surface area contributed by atoms with E-state index >= 15 is 0 Å². The summed E-state index contributed by atoms with van der Waals surface area (Å²) in [7, 11) is 1.53. The van der Waals surface area contributed by atoms with Crippen molar-refractivity contribution in [1.82, 2.24) is 9.91 Å². The van der Waals surface area contributed by atoms with Crippen molar-refractivity contribution in [3.8, 4) is 0 Å². The first-order valence-electron chi connectivity index (χ1n) is 9.15. The Labute approximate surface area is 173 Å². The van der Waals surface area contributed by atoms with Gasteiger partial charge in [0.2, 0.25) is 11.8 Å². The number of hydrogen-bond acceptors (Lipinski definition) is 4. The summed E-state index contributed by atoms with van der Waals surface area (Å²) in [5, 5.41) is 8.76. The van der Waals surface area contributed by atoms with Gasteiger partial charge in [0.15, 0.2) is 0 Å². The van der Waals surface area contributed by atoms with Gasteiger partial charge in [-0.1, -0.05) is 48.0 Å². The first-order valence-corrected chi connectivity index (χ1v) is 9.53. The summed E-state index contributed by atoms with van der Waals surface area (Å²) in [6.07, 6.45) is 0.461. The van der Waals surface area contributed by atoms with E-state index in [1.807, 2.05) is 30.3 Å². The number of halogens is 1. The van der Waals surface area contributed by atoms with Gasteiger partial charge >= 0.3 is 0 Å². The number of hydrazone groups is 1. The van der Waals surface area contributed by atoms with Crippen molar-refractivity contribution in [2.45, 2.75) is 19.4 Å². The fraction of sp³-hybridized carbons (Fsp3) is 0.238. The minimum Gasteiger partial charge on any atom is -0.331 e. The first kappa shape index (κ1) is 20.5. The third-order valence-corrected chi connectivity index (χ3v) is 4.60. The molecule has 8 heteroatoms. The van der Waals surface area contributed by atoms with Crippen molar-refractivity contribution in [3.05, 3.63) is 65.2 Å². The van der Waals surface area contributed by atoms with Crippen LogP contribution >= 0.6 is 11.6 Å². The predicted octanol–water partition coefficient (Wildman–Crippen LogP) is 2.92. The molecule has 0 atom stereocenters. The van der Waals surface area contributed by atoms with Crippen LogP contribution in [-0.4, -0.2) is 46.9 Å². The third kappa shape index (κ3) is 5.65. The predicted molar refractivity (Wildman–Crippen MR) is 111 cm³/mol. The average Bonchev–Trinajstić information content (AvgIpc) is 2.70. The molecule has 0 saturated carbocycles. The molecule has 7 nitrogen and oxygen atoms in total. The Bertz CT molecular complexity index is 946. The van der Waals surface area contributed by atoms with Gasteiger partial charge in [0.1, 0.15) is 5.71 Å². The van der Waals surface area contributed by atoms with Crippen LogP contribution in [0.2, 0.25) is 5.02 Å². The Morgan fingerprint density at radius 1 is 1.14 bits per heavy atom. The quantitative estimate of drug-likeness (QED) is 0.791. The van der Waals surface area contributed by atoms with Crippen LogP contribution in [0.5, 0.6) is 0 Å². The summed E-state index contributed by atoms with van der Waals surface area (Å²) < 4.78 is 0. The number of nitrogens with zero attached hydrogens (tertiary/aromatic N) is 3. The van der Waals surface area contributed by atoms with E-state index in [0.717, 1.165) is 5.56 Å². The minimum atomic E-state index is -0.378. The van der Waals surface area contributed by atoms with E-state index in [4.69, 9.17) is 11.6 Å². The van der Waals surface area contributed by atoms with Crippen molar-refractivity contribution in [1.29, 1.82) is 0 Å². The van der Waals surface area contributed by atoms with Gasteiger partial charge in [-0.2, -0.15) is 5.10 Å². The Hall–Kier alpha value is -3.19. The highest BCUT2D eigenvalue weighted by atomic mass is 35.5. The van der Waals surface area contributed by atoms with E-state index in [9.17, 15) is 14.4 Å². The van der Waals surface area contributed by atoms with Crippen molar-refractivity contribution in [3.63, 3.8) is 0 Å². The molecule has 29 heavy (non-hydrogen) atoms. The van der Waals surface area contributed by atoms with Crippen LogP contribution in [0, 0.1) is 0 Å². The van der Waals surface area contributed by atoms with Crippen molar-refractivity contribution in [2.75, 3.05) is 18.9 Å². The van der Waals surface area contributed by atoms with Gasteiger partial charge < -0.3 is 10.2 Å². The Kier molecular flexibility index (Phi) is 6.61. The second kappa shape index (κ2) is 9.34. The maximum Gasteiger partial charge on any atom is 0.270 e. The van der Waals surface area contributed by atoms with E-state index in [0.29, 0.717) is 17.3 Å². The molecule has 3 amide bonds. The molecule has 0 spiro atoms. The molecule has 1 aliphatic rings. The van der Waals surface area contributed by atoms with Gasteiger partial charge in [0.25, 0.3) is 5.91 Å². The van der Waals surface area contributed by atoms with Crippen molar-refractivity contribution in [2.24, 2.45) is 5.10 Å². The molecule has 2 aromatic carbocycles. The second-order valence-corrected chi connectivity index (χ2v) is 7.14. The normalized spacial score (nSPS) is 13.7. The molecule has 0 fully saturated rings. The number of benzene rings is 2. The molecule has 3 rings (SSSR count). The van der Waals surface area contributed by atoms with Crippen LogP contribution in [0.3, 0.4) is 0 Å². The topological polar surface area (TPSA) is 82.1 Å². The van der Waals surface area contributed by atoms with Gasteiger partial charge in [-0.25, -0.2) is 5.01 Å². The zero-order valence-corrected chi connectivity index (χ0v) is 16.7. The minimum absolute atomic E-state index is 0.133. The van der Waals surface area contributed by atoms with E-state index in [2.05, 4.69) is 10.4 Å². The molecule has 150 valence electrons. The Morgan fingerprint density at radius 3 is 2.62 bits per heavy atom. The van der Waals surface area contributed by atoms with Crippen LogP contribution in [-0.2, 0) is 20.9 Å². The molecule has 2 aromatic rings. The van der Waals surface area contributed by atoms with Crippen molar-refractivity contribution < 1.29 is 14.4 Å². The maximum absolute atomic E-state index is 12.7. The molecule has 1 N–H and O–H groups in total.